The Morgan fingerprint density at radius 2 is 2.21 bits per heavy atom. The molecule has 0 aliphatic heterocycles. The van der Waals surface area contributed by atoms with Gasteiger partial charge in [0.25, 0.3) is 0 Å². The predicted molar refractivity (Wildman–Crippen MR) is 58.9 cm³/mol. The molecule has 0 saturated heterocycles. The van der Waals surface area contributed by atoms with Gasteiger partial charge in [-0.3, -0.25) is 0 Å². The van der Waals surface area contributed by atoms with Crippen molar-refractivity contribution in [2.45, 2.75) is 33.3 Å². The Labute approximate surface area is 87.0 Å². The summed E-state index contributed by atoms with van der Waals surface area (Å²) in [6, 6.07) is 0. The lowest BCUT2D eigenvalue weighted by Gasteiger charge is -2.17. The highest BCUT2D eigenvalue weighted by atomic mass is 16.5. The van der Waals surface area contributed by atoms with Gasteiger partial charge in [0.15, 0.2) is 0 Å². The minimum Gasteiger partial charge on any atom is -0.392 e. The zero-order valence-electron chi connectivity index (χ0n) is 9.50. The van der Waals surface area contributed by atoms with Crippen LogP contribution in [0.1, 0.15) is 27.2 Å². The molecular weight excluding hydrogens is 176 g/mol. The van der Waals surface area contributed by atoms with Gasteiger partial charge in [-0.25, -0.2) is 0 Å². The summed E-state index contributed by atoms with van der Waals surface area (Å²) < 4.78 is 5.29. The van der Waals surface area contributed by atoms with Crippen molar-refractivity contribution in [3.05, 3.63) is 11.6 Å². The molecule has 0 aromatic heterocycles. The van der Waals surface area contributed by atoms with Gasteiger partial charge in [0, 0.05) is 13.0 Å². The molecule has 0 unspecified atom stereocenters. The number of aliphatic hydroxyl groups is 1. The molecule has 2 heteroatoms. The molecule has 1 N–H and O–H groups in total. The number of hydrogen-bond donors (Lipinski definition) is 1. The van der Waals surface area contributed by atoms with Gasteiger partial charge in [0.1, 0.15) is 6.10 Å². The third-order valence-electron chi connectivity index (χ3n) is 2.15. The van der Waals surface area contributed by atoms with Crippen LogP contribution in [0.15, 0.2) is 11.6 Å². The van der Waals surface area contributed by atoms with Crippen LogP contribution < -0.4 is 0 Å². The van der Waals surface area contributed by atoms with E-state index in [-0.39, 0.29) is 18.6 Å². The maximum Gasteiger partial charge on any atom is 0.124 e. The number of methoxy groups -OCH3 is 1. The van der Waals surface area contributed by atoms with E-state index in [0.29, 0.717) is 0 Å². The van der Waals surface area contributed by atoms with Gasteiger partial charge < -0.3 is 9.84 Å². The molecule has 0 saturated carbocycles. The Balaban J connectivity index is 4.57. The van der Waals surface area contributed by atoms with Crippen molar-refractivity contribution in [1.82, 2.24) is 0 Å². The lowest BCUT2D eigenvalue weighted by atomic mass is 9.97. The van der Waals surface area contributed by atoms with Gasteiger partial charge in [-0.2, -0.15) is 0 Å². The van der Waals surface area contributed by atoms with Crippen molar-refractivity contribution < 1.29 is 9.84 Å². The largest absolute Gasteiger partial charge is 0.392 e. The number of ether oxygens (including phenoxy) is 1. The van der Waals surface area contributed by atoms with E-state index in [1.165, 1.54) is 0 Å². The van der Waals surface area contributed by atoms with Gasteiger partial charge in [-0.1, -0.05) is 24.5 Å². The fourth-order valence-electron chi connectivity index (χ4n) is 1.32. The molecule has 0 bridgehead atoms. The van der Waals surface area contributed by atoms with Crippen LogP contribution in [0, 0.1) is 17.8 Å². The molecule has 0 aliphatic rings. The molecule has 2 nitrogen and oxygen atoms in total. The lowest BCUT2D eigenvalue weighted by molar-refractivity contribution is 0.112. The number of aliphatic hydroxyl groups excluding tert-OH is 1. The molecule has 80 valence electrons. The normalized spacial score (nSPS) is 15.6. The highest BCUT2D eigenvalue weighted by Crippen LogP contribution is 2.15. The molecule has 0 fully saturated rings. The number of rotatable bonds is 5. The molecule has 0 aliphatic carbocycles. The van der Waals surface area contributed by atoms with Crippen molar-refractivity contribution in [3.8, 4) is 11.8 Å². The molecule has 14 heavy (non-hydrogen) atoms. The standard InChI is InChI=1S/C12H20O2/c1-5-7-12(14-4)11(6-2)8-10(3)9-13/h8,11-13H,6,9H2,1-4H3/b10-8-/t11-,12-/m0/s1. The first-order valence-corrected chi connectivity index (χ1v) is 4.92. The lowest BCUT2D eigenvalue weighted by Crippen LogP contribution is -2.19. The Morgan fingerprint density at radius 1 is 1.57 bits per heavy atom. The Kier molecular flexibility index (Phi) is 7.18. The summed E-state index contributed by atoms with van der Waals surface area (Å²) in [6.45, 7) is 5.91. The summed E-state index contributed by atoms with van der Waals surface area (Å²) in [4.78, 5) is 0. The van der Waals surface area contributed by atoms with E-state index in [4.69, 9.17) is 9.84 Å². The van der Waals surface area contributed by atoms with Crippen molar-refractivity contribution in [1.29, 1.82) is 0 Å². The van der Waals surface area contributed by atoms with E-state index >= 15 is 0 Å². The predicted octanol–water partition coefficient (Wildman–Crippen LogP) is 1.99. The summed E-state index contributed by atoms with van der Waals surface area (Å²) in [6.07, 6.45) is 2.94. The molecule has 0 radical (unpaired) electrons. The highest BCUT2D eigenvalue weighted by molar-refractivity contribution is 5.11. The van der Waals surface area contributed by atoms with Crippen LogP contribution in [-0.2, 0) is 4.74 Å². The molecule has 0 amide bonds. The van der Waals surface area contributed by atoms with Crippen LogP contribution in [0.25, 0.3) is 0 Å². The molecule has 0 aromatic rings. The van der Waals surface area contributed by atoms with Gasteiger partial charge in [-0.05, 0) is 20.3 Å². The Hall–Kier alpha value is -0.780. The average molecular weight is 196 g/mol. The molecule has 2 atom stereocenters. The van der Waals surface area contributed by atoms with Crippen molar-refractivity contribution in [3.63, 3.8) is 0 Å². The van der Waals surface area contributed by atoms with E-state index in [1.807, 2.05) is 13.0 Å². The van der Waals surface area contributed by atoms with Crippen LogP contribution >= 0.6 is 0 Å². The van der Waals surface area contributed by atoms with Crippen molar-refractivity contribution in [2.75, 3.05) is 13.7 Å². The van der Waals surface area contributed by atoms with Crippen LogP contribution in [0.5, 0.6) is 0 Å². The van der Waals surface area contributed by atoms with Crippen LogP contribution in [0.3, 0.4) is 0 Å². The smallest absolute Gasteiger partial charge is 0.124 e. The first kappa shape index (κ1) is 13.2. The third-order valence-corrected chi connectivity index (χ3v) is 2.15. The molecular formula is C12H20O2. The molecule has 0 aromatic carbocycles. The summed E-state index contributed by atoms with van der Waals surface area (Å²) in [7, 11) is 1.67. The minimum absolute atomic E-state index is 0.0634. The Bertz CT molecular complexity index is 232. The third kappa shape index (κ3) is 4.45. The van der Waals surface area contributed by atoms with E-state index < -0.39 is 0 Å². The van der Waals surface area contributed by atoms with Crippen molar-refractivity contribution >= 4 is 0 Å². The monoisotopic (exact) mass is 196 g/mol. The van der Waals surface area contributed by atoms with Gasteiger partial charge >= 0.3 is 0 Å². The fourth-order valence-corrected chi connectivity index (χ4v) is 1.32. The van der Waals surface area contributed by atoms with E-state index in [0.717, 1.165) is 12.0 Å². The number of hydrogen-bond acceptors (Lipinski definition) is 2. The summed E-state index contributed by atoms with van der Waals surface area (Å²) in [5.74, 6) is 6.14. The highest BCUT2D eigenvalue weighted by Gasteiger charge is 2.14. The minimum atomic E-state index is -0.0634. The van der Waals surface area contributed by atoms with Crippen molar-refractivity contribution in [2.24, 2.45) is 5.92 Å². The molecule has 0 spiro atoms. The second-order valence-corrected chi connectivity index (χ2v) is 3.29. The second kappa shape index (κ2) is 7.61. The van der Waals surface area contributed by atoms with E-state index in [9.17, 15) is 0 Å². The topological polar surface area (TPSA) is 29.5 Å². The van der Waals surface area contributed by atoms with Gasteiger partial charge in [0.2, 0.25) is 0 Å². The molecule has 0 heterocycles. The first-order chi connectivity index (χ1) is 6.69. The van der Waals surface area contributed by atoms with E-state index in [1.54, 1.807) is 14.0 Å². The van der Waals surface area contributed by atoms with Crippen LogP contribution in [0.4, 0.5) is 0 Å². The zero-order valence-corrected chi connectivity index (χ0v) is 9.50. The first-order valence-electron chi connectivity index (χ1n) is 4.92. The quantitative estimate of drug-likeness (QED) is 0.538. The summed E-state index contributed by atoms with van der Waals surface area (Å²) in [5, 5.41) is 8.92. The molecule has 0 rings (SSSR count). The Morgan fingerprint density at radius 3 is 2.57 bits per heavy atom. The SMILES string of the molecule is CC#C[C@H](OC)[C@H](/C=C(/C)CO)CC. The van der Waals surface area contributed by atoms with E-state index in [2.05, 4.69) is 18.8 Å². The zero-order chi connectivity index (χ0) is 11.0. The van der Waals surface area contributed by atoms with Gasteiger partial charge in [-0.15, -0.1) is 5.92 Å². The summed E-state index contributed by atoms with van der Waals surface area (Å²) >= 11 is 0. The van der Waals surface area contributed by atoms with Gasteiger partial charge in [0.05, 0.1) is 6.61 Å². The maximum absolute atomic E-state index is 8.92. The second-order valence-electron chi connectivity index (χ2n) is 3.29. The fraction of sp³-hybridized carbons (Fsp3) is 0.667. The average Bonchev–Trinajstić information content (AvgIpc) is 2.22. The van der Waals surface area contributed by atoms with Crippen LogP contribution in [-0.4, -0.2) is 24.9 Å². The maximum atomic E-state index is 8.92. The summed E-state index contributed by atoms with van der Waals surface area (Å²) in [5.41, 5.74) is 0.969. The van der Waals surface area contributed by atoms with Crippen LogP contribution in [0.2, 0.25) is 0 Å².